The Morgan fingerprint density at radius 2 is 2.25 bits per heavy atom. The largest absolute Gasteiger partial charge is 0.390 e. The van der Waals surface area contributed by atoms with Crippen LogP contribution < -0.4 is 0 Å². The molecular formula is C8H11NO3. The summed E-state index contributed by atoms with van der Waals surface area (Å²) >= 11 is 0. The summed E-state index contributed by atoms with van der Waals surface area (Å²) in [5.74, 6) is -0.921. The maximum atomic E-state index is 11.0. The number of carbonyl (C=O) groups is 2. The van der Waals surface area contributed by atoms with E-state index in [1.807, 2.05) is 0 Å². The number of aldehydes is 1. The van der Waals surface area contributed by atoms with Gasteiger partial charge in [-0.3, -0.25) is 14.6 Å². The van der Waals surface area contributed by atoms with Crippen molar-refractivity contribution in [3.8, 4) is 0 Å². The van der Waals surface area contributed by atoms with E-state index in [9.17, 15) is 14.7 Å². The van der Waals surface area contributed by atoms with Crippen LogP contribution in [0.25, 0.3) is 0 Å². The molecule has 0 aliphatic carbocycles. The second-order valence-corrected chi connectivity index (χ2v) is 2.99. The van der Waals surface area contributed by atoms with Gasteiger partial charge in [0.2, 0.25) is 0 Å². The van der Waals surface area contributed by atoms with Gasteiger partial charge < -0.3 is 5.11 Å². The molecule has 0 aromatic rings. The summed E-state index contributed by atoms with van der Waals surface area (Å²) in [5, 5.41) is 9.44. The standard InChI is InChI=1S/C8H11NO3/c1-4-8(12)7(5(2)11)6(3-10)9-4/h3-4,7-8,12H,1-2H3. The topological polar surface area (TPSA) is 66.7 Å². The molecule has 0 radical (unpaired) electrons. The van der Waals surface area contributed by atoms with E-state index in [2.05, 4.69) is 4.99 Å². The lowest BCUT2D eigenvalue weighted by atomic mass is 9.94. The van der Waals surface area contributed by atoms with Crippen molar-refractivity contribution in [3.63, 3.8) is 0 Å². The zero-order valence-electron chi connectivity index (χ0n) is 7.02. The van der Waals surface area contributed by atoms with Crippen molar-refractivity contribution in [2.24, 2.45) is 10.9 Å². The molecule has 4 nitrogen and oxygen atoms in total. The number of aliphatic hydroxyl groups excluding tert-OH is 1. The molecule has 3 atom stereocenters. The lowest BCUT2D eigenvalue weighted by Gasteiger charge is -2.12. The van der Waals surface area contributed by atoms with Crippen LogP contribution >= 0.6 is 0 Å². The van der Waals surface area contributed by atoms with Gasteiger partial charge in [0.05, 0.1) is 23.8 Å². The van der Waals surface area contributed by atoms with E-state index in [1.54, 1.807) is 6.92 Å². The Hall–Kier alpha value is -1.03. The molecular weight excluding hydrogens is 158 g/mol. The number of hydrogen-bond acceptors (Lipinski definition) is 4. The first-order valence-electron chi connectivity index (χ1n) is 3.79. The second kappa shape index (κ2) is 3.15. The summed E-state index contributed by atoms with van der Waals surface area (Å²) in [6.45, 7) is 3.03. The molecule has 0 spiro atoms. The smallest absolute Gasteiger partial charge is 0.164 e. The Balaban J connectivity index is 2.92. The fourth-order valence-electron chi connectivity index (χ4n) is 1.40. The number of aliphatic hydroxyl groups is 1. The minimum absolute atomic E-state index is 0.169. The van der Waals surface area contributed by atoms with E-state index < -0.39 is 12.0 Å². The fourth-order valence-corrected chi connectivity index (χ4v) is 1.40. The average Bonchev–Trinajstić information content (AvgIpc) is 2.28. The third kappa shape index (κ3) is 1.30. The summed E-state index contributed by atoms with van der Waals surface area (Å²) < 4.78 is 0. The van der Waals surface area contributed by atoms with Crippen molar-refractivity contribution >= 4 is 17.8 Å². The number of aliphatic imine (C=N–C) groups is 1. The number of hydrogen-bond donors (Lipinski definition) is 1. The highest BCUT2D eigenvalue weighted by molar-refractivity contribution is 6.35. The molecule has 0 saturated carbocycles. The summed E-state index contributed by atoms with van der Waals surface area (Å²) in [7, 11) is 0. The van der Waals surface area contributed by atoms with Crippen LogP contribution in [0.1, 0.15) is 13.8 Å². The monoisotopic (exact) mass is 169 g/mol. The first-order valence-corrected chi connectivity index (χ1v) is 3.79. The highest BCUT2D eigenvalue weighted by atomic mass is 16.3. The number of carbonyl (C=O) groups excluding carboxylic acids is 2. The van der Waals surface area contributed by atoms with Gasteiger partial charge in [0, 0.05) is 0 Å². The molecule has 1 N–H and O–H groups in total. The molecule has 1 aliphatic rings. The van der Waals surface area contributed by atoms with E-state index in [4.69, 9.17) is 0 Å². The van der Waals surface area contributed by atoms with Crippen LogP contribution in [0.5, 0.6) is 0 Å². The van der Waals surface area contributed by atoms with Crippen LogP contribution in [0.2, 0.25) is 0 Å². The minimum atomic E-state index is -0.831. The van der Waals surface area contributed by atoms with Crippen molar-refractivity contribution < 1.29 is 14.7 Å². The number of nitrogens with zero attached hydrogens (tertiary/aromatic N) is 1. The van der Waals surface area contributed by atoms with Gasteiger partial charge in [-0.1, -0.05) is 0 Å². The lowest BCUT2D eigenvalue weighted by molar-refractivity contribution is -0.121. The molecule has 4 heteroatoms. The van der Waals surface area contributed by atoms with Crippen LogP contribution in [0.4, 0.5) is 0 Å². The Bertz CT molecular complexity index is 247. The van der Waals surface area contributed by atoms with Crippen molar-refractivity contribution in [1.29, 1.82) is 0 Å². The Morgan fingerprint density at radius 1 is 1.67 bits per heavy atom. The molecule has 0 amide bonds. The highest BCUT2D eigenvalue weighted by Gasteiger charge is 2.37. The van der Waals surface area contributed by atoms with E-state index >= 15 is 0 Å². The summed E-state index contributed by atoms with van der Waals surface area (Å²) in [6.07, 6.45) is -0.290. The third-order valence-electron chi connectivity index (χ3n) is 2.07. The predicted octanol–water partition coefficient (Wildman–Crippen LogP) is -0.405. The van der Waals surface area contributed by atoms with Crippen molar-refractivity contribution in [1.82, 2.24) is 0 Å². The quantitative estimate of drug-likeness (QED) is 0.571. The normalized spacial score (nSPS) is 34.6. The van der Waals surface area contributed by atoms with Gasteiger partial charge in [-0.05, 0) is 13.8 Å². The van der Waals surface area contributed by atoms with Crippen LogP contribution in [-0.2, 0) is 9.59 Å². The highest BCUT2D eigenvalue weighted by Crippen LogP contribution is 2.20. The summed E-state index contributed by atoms with van der Waals surface area (Å²) in [5.41, 5.74) is 0.169. The molecule has 12 heavy (non-hydrogen) atoms. The van der Waals surface area contributed by atoms with E-state index in [1.165, 1.54) is 6.92 Å². The predicted molar refractivity (Wildman–Crippen MR) is 43.1 cm³/mol. The lowest BCUT2D eigenvalue weighted by Crippen LogP contribution is -2.33. The molecule has 1 heterocycles. The number of Topliss-reactive ketones (excluding diaryl/α,β-unsaturated/α-hetero) is 1. The SMILES string of the molecule is CC(=O)C1C(C=O)=NC(C)C1O. The first-order chi connectivity index (χ1) is 5.57. The molecule has 66 valence electrons. The summed E-state index contributed by atoms with van der Waals surface area (Å²) in [4.78, 5) is 25.3. The Kier molecular flexibility index (Phi) is 2.38. The molecule has 0 fully saturated rings. The first kappa shape index (κ1) is 9.06. The molecule has 0 saturated heterocycles. The third-order valence-corrected chi connectivity index (χ3v) is 2.07. The zero-order chi connectivity index (χ0) is 9.30. The zero-order valence-corrected chi connectivity index (χ0v) is 7.02. The van der Waals surface area contributed by atoms with Gasteiger partial charge in [-0.25, -0.2) is 0 Å². The fraction of sp³-hybridized carbons (Fsp3) is 0.625. The second-order valence-electron chi connectivity index (χ2n) is 2.99. The van der Waals surface area contributed by atoms with Gasteiger partial charge in [0.15, 0.2) is 6.29 Å². The summed E-state index contributed by atoms with van der Waals surface area (Å²) in [6, 6.07) is -0.348. The van der Waals surface area contributed by atoms with Crippen LogP contribution in [-0.4, -0.2) is 35.0 Å². The maximum absolute atomic E-state index is 11.0. The number of ketones is 1. The molecule has 1 aliphatic heterocycles. The van der Waals surface area contributed by atoms with Gasteiger partial charge >= 0.3 is 0 Å². The van der Waals surface area contributed by atoms with Gasteiger partial charge in [-0.15, -0.1) is 0 Å². The average molecular weight is 169 g/mol. The number of rotatable bonds is 2. The molecule has 0 bridgehead atoms. The maximum Gasteiger partial charge on any atom is 0.164 e. The van der Waals surface area contributed by atoms with Crippen LogP contribution in [0.3, 0.4) is 0 Å². The van der Waals surface area contributed by atoms with E-state index in [-0.39, 0.29) is 17.5 Å². The Morgan fingerprint density at radius 3 is 2.58 bits per heavy atom. The van der Waals surface area contributed by atoms with Crippen LogP contribution in [0.15, 0.2) is 4.99 Å². The van der Waals surface area contributed by atoms with Gasteiger partial charge in [0.25, 0.3) is 0 Å². The molecule has 1 rings (SSSR count). The molecule has 0 aromatic carbocycles. The van der Waals surface area contributed by atoms with Crippen molar-refractivity contribution in [2.45, 2.75) is 26.0 Å². The van der Waals surface area contributed by atoms with Crippen molar-refractivity contribution in [3.05, 3.63) is 0 Å². The van der Waals surface area contributed by atoms with E-state index in [0.717, 1.165) is 0 Å². The molecule has 3 unspecified atom stereocenters. The van der Waals surface area contributed by atoms with Gasteiger partial charge in [0.1, 0.15) is 5.78 Å². The van der Waals surface area contributed by atoms with Crippen LogP contribution in [0, 0.1) is 5.92 Å². The van der Waals surface area contributed by atoms with Gasteiger partial charge in [-0.2, -0.15) is 0 Å². The molecule has 0 aromatic heterocycles. The van der Waals surface area contributed by atoms with E-state index in [0.29, 0.717) is 6.29 Å². The Labute approximate surface area is 70.3 Å². The minimum Gasteiger partial charge on any atom is -0.390 e. The van der Waals surface area contributed by atoms with Crippen molar-refractivity contribution in [2.75, 3.05) is 0 Å².